The van der Waals surface area contributed by atoms with E-state index < -0.39 is 23.2 Å². The Kier molecular flexibility index (Phi) is 3.81. The highest BCUT2D eigenvalue weighted by molar-refractivity contribution is 6.01. The predicted molar refractivity (Wildman–Crippen MR) is 72.7 cm³/mol. The molecule has 22 heavy (non-hydrogen) atoms. The van der Waals surface area contributed by atoms with E-state index in [0.29, 0.717) is 5.69 Å². The van der Waals surface area contributed by atoms with Crippen LogP contribution in [0.4, 0.5) is 18.9 Å². The van der Waals surface area contributed by atoms with Crippen molar-refractivity contribution in [2.24, 2.45) is 0 Å². The van der Waals surface area contributed by atoms with Crippen LogP contribution in [-0.4, -0.2) is 35.2 Å². The number of aliphatic hydroxyl groups is 1. The number of hydrogen-bond donors (Lipinski definition) is 2. The first kappa shape index (κ1) is 16.5. The van der Waals surface area contributed by atoms with Crippen molar-refractivity contribution in [3.63, 3.8) is 0 Å². The average Bonchev–Trinajstić information content (AvgIpc) is 2.70. The number of fused-ring (bicyclic) bond motifs is 1. The number of ether oxygens (including phenoxy) is 1. The van der Waals surface area contributed by atoms with Crippen molar-refractivity contribution in [3.05, 3.63) is 29.8 Å². The highest BCUT2D eigenvalue weighted by Gasteiger charge is 2.75. The maximum atomic E-state index is 13.7. The predicted octanol–water partition coefficient (Wildman–Crippen LogP) is 0.987. The molecule has 4 nitrogen and oxygen atoms in total. The summed E-state index contributed by atoms with van der Waals surface area (Å²) < 4.78 is 45.5. The van der Waals surface area contributed by atoms with Gasteiger partial charge in [0.2, 0.25) is 5.69 Å². The van der Waals surface area contributed by atoms with Crippen LogP contribution in [0, 0.1) is 0 Å². The fourth-order valence-corrected chi connectivity index (χ4v) is 2.86. The summed E-state index contributed by atoms with van der Waals surface area (Å²) in [7, 11) is 0. The first-order chi connectivity index (χ1) is 10.1. The van der Waals surface area contributed by atoms with Gasteiger partial charge in [0, 0.05) is 18.6 Å². The minimum absolute atomic E-state index is 0.126. The Morgan fingerprint density at radius 2 is 1.95 bits per heavy atom. The molecule has 0 bridgehead atoms. The van der Waals surface area contributed by atoms with Crippen LogP contribution in [-0.2, 0) is 14.9 Å². The quantitative estimate of drug-likeness (QED) is 0.818. The average molecular weight is 316 g/mol. The number of rotatable bonds is 3. The van der Waals surface area contributed by atoms with Gasteiger partial charge in [-0.2, -0.15) is 13.2 Å². The first-order valence-electron chi connectivity index (χ1n) is 6.77. The van der Waals surface area contributed by atoms with Gasteiger partial charge in [0.15, 0.2) is 5.71 Å². The summed E-state index contributed by atoms with van der Waals surface area (Å²) in [6.45, 7) is 3.72. The van der Waals surface area contributed by atoms with Gasteiger partial charge in [-0.15, -0.1) is 0 Å². The second-order valence-electron chi connectivity index (χ2n) is 5.35. The van der Waals surface area contributed by atoms with E-state index in [1.807, 2.05) is 0 Å². The van der Waals surface area contributed by atoms with Crippen LogP contribution in [0.3, 0.4) is 0 Å². The monoisotopic (exact) mass is 316 g/mol. The highest BCUT2D eigenvalue weighted by Crippen LogP contribution is 2.49. The molecule has 120 valence electrons. The number of esters is 1. The molecule has 2 rings (SSSR count). The van der Waals surface area contributed by atoms with E-state index in [1.54, 1.807) is 18.2 Å². The number of alkyl halides is 3. The molecule has 1 aromatic rings. The van der Waals surface area contributed by atoms with Crippen molar-refractivity contribution >= 4 is 17.4 Å². The smallest absolute Gasteiger partial charge is 0.429 e. The Balaban J connectivity index is 2.72. The van der Waals surface area contributed by atoms with E-state index in [1.165, 1.54) is 26.8 Å². The molecule has 0 aliphatic carbocycles. The molecule has 0 radical (unpaired) electrons. The molecule has 0 spiro atoms. The van der Waals surface area contributed by atoms with Crippen molar-refractivity contribution in [1.82, 2.24) is 0 Å². The molecule has 7 heteroatoms. The van der Waals surface area contributed by atoms with Gasteiger partial charge < -0.3 is 9.84 Å². The molecular weight excluding hydrogens is 299 g/mol. The van der Waals surface area contributed by atoms with Gasteiger partial charge in [-0.25, -0.2) is 9.79 Å². The third-order valence-electron chi connectivity index (χ3n) is 4.24. The standard InChI is InChI=1S/C15H16F3NO3/c1-4-22-12(20)14(21,15(16,17)18)13(3)9(2)19-11-8-6-5-7-10(11)13/h5-8,21H,4H2,1-3H3/p+1. The van der Waals surface area contributed by atoms with Gasteiger partial charge in [-0.3, -0.25) is 0 Å². The van der Waals surface area contributed by atoms with E-state index in [9.17, 15) is 23.1 Å². The van der Waals surface area contributed by atoms with Crippen molar-refractivity contribution in [3.8, 4) is 0 Å². The van der Waals surface area contributed by atoms with E-state index in [4.69, 9.17) is 0 Å². The van der Waals surface area contributed by atoms with Crippen LogP contribution >= 0.6 is 0 Å². The summed E-state index contributed by atoms with van der Waals surface area (Å²) in [5.41, 5.74) is -4.93. The Hall–Kier alpha value is -1.89. The van der Waals surface area contributed by atoms with Gasteiger partial charge in [0.05, 0.1) is 6.61 Å². The lowest BCUT2D eigenvalue weighted by molar-refractivity contribution is -0.354. The third kappa shape index (κ3) is 1.95. The zero-order valence-electron chi connectivity index (χ0n) is 12.4. The summed E-state index contributed by atoms with van der Waals surface area (Å²) >= 11 is 0. The van der Waals surface area contributed by atoms with Crippen LogP contribution in [0.15, 0.2) is 24.3 Å². The highest BCUT2D eigenvalue weighted by atomic mass is 19.4. The van der Waals surface area contributed by atoms with Crippen LogP contribution < -0.4 is 4.99 Å². The summed E-state index contributed by atoms with van der Waals surface area (Å²) in [4.78, 5) is 14.8. The molecule has 0 aromatic heterocycles. The van der Waals surface area contributed by atoms with Crippen LogP contribution in [0.5, 0.6) is 0 Å². The zero-order chi connectivity index (χ0) is 16.8. The topological polar surface area (TPSA) is 60.5 Å². The fraction of sp³-hybridized carbons (Fsp3) is 0.467. The Morgan fingerprint density at radius 3 is 2.50 bits per heavy atom. The fourth-order valence-electron chi connectivity index (χ4n) is 2.86. The zero-order valence-corrected chi connectivity index (χ0v) is 12.4. The maximum Gasteiger partial charge on any atom is 0.429 e. The molecule has 0 saturated heterocycles. The van der Waals surface area contributed by atoms with Crippen LogP contribution in [0.1, 0.15) is 26.3 Å². The Morgan fingerprint density at radius 1 is 1.36 bits per heavy atom. The molecule has 0 amide bonds. The molecule has 2 N–H and O–H groups in total. The van der Waals surface area contributed by atoms with Crippen LogP contribution in [0.2, 0.25) is 0 Å². The summed E-state index contributed by atoms with van der Waals surface area (Å²) in [5, 5.41) is 10.5. The number of halogens is 3. The number of para-hydroxylation sites is 1. The maximum absolute atomic E-state index is 13.7. The van der Waals surface area contributed by atoms with Crippen molar-refractivity contribution in [2.75, 3.05) is 6.61 Å². The van der Waals surface area contributed by atoms with Crippen molar-refractivity contribution < 1.29 is 32.8 Å². The van der Waals surface area contributed by atoms with E-state index >= 15 is 0 Å². The lowest BCUT2D eigenvalue weighted by Crippen LogP contribution is -2.72. The largest absolute Gasteiger partial charge is 0.464 e. The minimum Gasteiger partial charge on any atom is -0.464 e. The molecule has 1 aliphatic heterocycles. The summed E-state index contributed by atoms with van der Waals surface area (Å²) in [6.07, 6.45) is -5.20. The first-order valence-corrected chi connectivity index (χ1v) is 6.77. The number of carbonyl (C=O) groups excluding carboxylic acids is 1. The molecule has 1 heterocycles. The molecule has 2 atom stereocenters. The van der Waals surface area contributed by atoms with Gasteiger partial charge >= 0.3 is 12.1 Å². The van der Waals surface area contributed by atoms with E-state index in [2.05, 4.69) is 9.73 Å². The SMILES string of the molecule is CCOC(=O)C(O)(C(F)(F)F)C1(C)C(C)=[NH+]c2ccccc21. The number of nitrogens with one attached hydrogen (secondary N) is 1. The second-order valence-corrected chi connectivity index (χ2v) is 5.35. The number of carbonyl (C=O) groups is 1. The van der Waals surface area contributed by atoms with E-state index in [0.717, 1.165) is 0 Å². The van der Waals surface area contributed by atoms with Gasteiger partial charge in [-0.05, 0) is 13.8 Å². The minimum atomic E-state index is -5.20. The van der Waals surface area contributed by atoms with Crippen molar-refractivity contribution in [2.45, 2.75) is 38.0 Å². The summed E-state index contributed by atoms with van der Waals surface area (Å²) in [5.74, 6) is -1.71. The third-order valence-corrected chi connectivity index (χ3v) is 4.24. The number of benzene rings is 1. The second kappa shape index (κ2) is 5.08. The molecule has 2 unspecified atom stereocenters. The van der Waals surface area contributed by atoms with Gasteiger partial charge in [-0.1, -0.05) is 18.2 Å². The van der Waals surface area contributed by atoms with E-state index in [-0.39, 0.29) is 17.9 Å². The normalized spacial score (nSPS) is 23.5. The molecule has 1 aromatic carbocycles. The number of hydrogen-bond acceptors (Lipinski definition) is 3. The Labute approximate surface area is 125 Å². The van der Waals surface area contributed by atoms with Gasteiger partial charge in [0.25, 0.3) is 5.60 Å². The van der Waals surface area contributed by atoms with Crippen molar-refractivity contribution in [1.29, 1.82) is 0 Å². The van der Waals surface area contributed by atoms with Crippen LogP contribution in [0.25, 0.3) is 0 Å². The molecule has 0 fully saturated rings. The molecule has 1 aliphatic rings. The van der Waals surface area contributed by atoms with Gasteiger partial charge in [0.1, 0.15) is 5.41 Å². The molecular formula is C15H17F3NO3+. The lowest BCUT2D eigenvalue weighted by atomic mass is 9.66. The summed E-state index contributed by atoms with van der Waals surface area (Å²) in [6, 6.07) is 6.25. The Bertz CT molecular complexity index is 641. The lowest BCUT2D eigenvalue weighted by Gasteiger charge is -2.39. The molecule has 0 saturated carbocycles.